The maximum atomic E-state index is 11.5. The van der Waals surface area contributed by atoms with Gasteiger partial charge in [-0.1, -0.05) is 96.3 Å². The SMILES string of the molecule is COC(=O)CCCCCCCCCCCCC(=O)OC(C)(C)C.COC(=O)CCCCCCCCCCCN.Cl.ClCCl. The predicted octanol–water partition coefficient (Wildman–Crippen LogP) is 10.0. The van der Waals surface area contributed by atoms with Crippen molar-refractivity contribution in [2.75, 3.05) is 26.1 Å². The van der Waals surface area contributed by atoms with Gasteiger partial charge in [0.15, 0.2) is 0 Å². The highest BCUT2D eigenvalue weighted by molar-refractivity contribution is 6.40. The van der Waals surface area contributed by atoms with Crippen molar-refractivity contribution in [3.8, 4) is 0 Å². The Morgan fingerprint density at radius 3 is 0.977 bits per heavy atom. The number of unbranched alkanes of at least 4 members (excludes halogenated alkanes) is 17. The molecule has 0 aliphatic carbocycles. The number of hydrogen-bond acceptors (Lipinski definition) is 7. The van der Waals surface area contributed by atoms with E-state index in [4.69, 9.17) is 33.7 Å². The minimum atomic E-state index is -0.367. The van der Waals surface area contributed by atoms with Gasteiger partial charge in [-0.05, 0) is 53.0 Å². The van der Waals surface area contributed by atoms with Crippen molar-refractivity contribution in [1.82, 2.24) is 0 Å². The maximum Gasteiger partial charge on any atom is 0.306 e. The molecule has 0 bridgehead atoms. The summed E-state index contributed by atoms with van der Waals surface area (Å²) in [6.45, 7) is 6.54. The zero-order valence-electron chi connectivity index (χ0n) is 28.2. The van der Waals surface area contributed by atoms with Crippen molar-refractivity contribution in [1.29, 1.82) is 0 Å². The smallest absolute Gasteiger partial charge is 0.306 e. The molecule has 0 aliphatic rings. The summed E-state index contributed by atoms with van der Waals surface area (Å²) in [5, 5.41) is 0.194. The molecule has 260 valence electrons. The number of carbonyl (C=O) groups excluding carboxylic acids is 3. The second-order valence-electron chi connectivity index (χ2n) is 11.6. The Bertz CT molecular complexity index is 604. The molecule has 0 fully saturated rings. The van der Waals surface area contributed by atoms with Crippen LogP contribution in [0.2, 0.25) is 0 Å². The molecule has 0 unspecified atom stereocenters. The maximum absolute atomic E-state index is 11.5. The average Bonchev–Trinajstić information content (AvgIpc) is 2.94. The Hall–Kier alpha value is -0.760. The van der Waals surface area contributed by atoms with Gasteiger partial charge in [0, 0.05) is 19.3 Å². The van der Waals surface area contributed by atoms with Crippen LogP contribution in [0.4, 0.5) is 0 Å². The van der Waals surface area contributed by atoms with Crippen LogP contribution in [-0.4, -0.2) is 49.6 Å². The summed E-state index contributed by atoms with van der Waals surface area (Å²) in [6.07, 6.45) is 24.3. The highest BCUT2D eigenvalue weighted by Crippen LogP contribution is 2.14. The Balaban J connectivity index is -0.000000333. The predicted molar refractivity (Wildman–Crippen MR) is 184 cm³/mol. The van der Waals surface area contributed by atoms with Crippen LogP contribution in [0, 0.1) is 0 Å². The minimum Gasteiger partial charge on any atom is -0.469 e. The quantitative estimate of drug-likeness (QED) is 0.0469. The van der Waals surface area contributed by atoms with Crippen LogP contribution in [0.1, 0.15) is 162 Å². The third-order valence-electron chi connectivity index (χ3n) is 6.47. The van der Waals surface area contributed by atoms with E-state index in [1.807, 2.05) is 20.8 Å². The van der Waals surface area contributed by atoms with Gasteiger partial charge in [-0.15, -0.1) is 35.6 Å². The summed E-state index contributed by atoms with van der Waals surface area (Å²) in [6, 6.07) is 0. The van der Waals surface area contributed by atoms with E-state index in [1.165, 1.54) is 97.7 Å². The van der Waals surface area contributed by atoms with Gasteiger partial charge < -0.3 is 19.9 Å². The van der Waals surface area contributed by atoms with E-state index in [0.29, 0.717) is 19.3 Å². The lowest BCUT2D eigenvalue weighted by molar-refractivity contribution is -0.155. The van der Waals surface area contributed by atoms with E-state index in [0.717, 1.165) is 45.1 Å². The minimum absolute atomic E-state index is 0. The first-order valence-electron chi connectivity index (χ1n) is 16.2. The van der Waals surface area contributed by atoms with Crippen molar-refractivity contribution in [2.45, 2.75) is 168 Å². The zero-order chi connectivity index (χ0) is 32.3. The fourth-order valence-corrected chi connectivity index (χ4v) is 4.20. The van der Waals surface area contributed by atoms with E-state index >= 15 is 0 Å². The molecule has 0 aromatic carbocycles. The lowest BCUT2D eigenvalue weighted by atomic mass is 10.1. The molecule has 0 aromatic rings. The van der Waals surface area contributed by atoms with Crippen LogP contribution in [0.15, 0.2) is 0 Å². The fourth-order valence-electron chi connectivity index (χ4n) is 4.20. The molecule has 0 saturated carbocycles. The van der Waals surface area contributed by atoms with Gasteiger partial charge in [0.2, 0.25) is 0 Å². The van der Waals surface area contributed by atoms with Crippen molar-refractivity contribution in [2.24, 2.45) is 5.73 Å². The second-order valence-corrected chi connectivity index (χ2v) is 12.4. The van der Waals surface area contributed by atoms with Crippen LogP contribution in [0.25, 0.3) is 0 Å². The van der Waals surface area contributed by atoms with E-state index in [-0.39, 0.29) is 41.3 Å². The van der Waals surface area contributed by atoms with Crippen LogP contribution in [0.3, 0.4) is 0 Å². The van der Waals surface area contributed by atoms with Crippen LogP contribution in [0.5, 0.6) is 0 Å². The van der Waals surface area contributed by atoms with Gasteiger partial charge in [0.1, 0.15) is 5.60 Å². The van der Waals surface area contributed by atoms with Crippen molar-refractivity contribution in [3.63, 3.8) is 0 Å². The van der Waals surface area contributed by atoms with E-state index in [2.05, 4.69) is 9.47 Å². The Labute approximate surface area is 280 Å². The molecular formula is C33H66Cl3NO6. The molecule has 0 saturated heterocycles. The van der Waals surface area contributed by atoms with Crippen molar-refractivity contribution >= 4 is 53.5 Å². The molecule has 10 heteroatoms. The third-order valence-corrected chi connectivity index (χ3v) is 6.47. The van der Waals surface area contributed by atoms with Crippen LogP contribution >= 0.6 is 35.6 Å². The van der Waals surface area contributed by atoms with Crippen LogP contribution in [-0.2, 0) is 28.6 Å². The van der Waals surface area contributed by atoms with E-state index < -0.39 is 0 Å². The van der Waals surface area contributed by atoms with Crippen molar-refractivity contribution < 1.29 is 28.6 Å². The lowest BCUT2D eigenvalue weighted by Gasteiger charge is -2.19. The first-order valence-corrected chi connectivity index (χ1v) is 17.3. The number of esters is 3. The first kappa shape index (κ1) is 49.1. The fraction of sp³-hybridized carbons (Fsp3) is 0.909. The number of carbonyl (C=O) groups is 3. The summed E-state index contributed by atoms with van der Waals surface area (Å²) in [4.78, 5) is 33.3. The molecule has 2 N–H and O–H groups in total. The van der Waals surface area contributed by atoms with Crippen molar-refractivity contribution in [3.05, 3.63) is 0 Å². The Kier molecular flexibility index (Phi) is 44.9. The number of ether oxygens (including phenoxy) is 3. The normalized spacial score (nSPS) is 10.3. The number of hydrogen-bond donors (Lipinski definition) is 1. The van der Waals surface area contributed by atoms with Gasteiger partial charge in [0.05, 0.1) is 19.6 Å². The molecule has 0 aliphatic heterocycles. The highest BCUT2D eigenvalue weighted by Gasteiger charge is 2.15. The summed E-state index contributed by atoms with van der Waals surface area (Å²) < 4.78 is 14.5. The van der Waals surface area contributed by atoms with E-state index in [1.54, 1.807) is 0 Å². The van der Waals surface area contributed by atoms with Gasteiger partial charge in [-0.3, -0.25) is 14.4 Å². The molecule has 0 amide bonds. The highest BCUT2D eigenvalue weighted by atomic mass is 35.5. The number of halogens is 3. The molecule has 7 nitrogen and oxygen atoms in total. The number of rotatable bonds is 24. The Morgan fingerprint density at radius 1 is 0.512 bits per heavy atom. The van der Waals surface area contributed by atoms with E-state index in [9.17, 15) is 14.4 Å². The standard InChI is InChI=1S/C19H36O4.C13H27NO2.CH2Cl2.ClH/c1-19(2,3)23-18(21)16-14-12-10-8-6-5-7-9-11-13-15-17(20)22-4;1-16-13(15)11-9-7-5-3-2-4-6-8-10-12-14;2-1-3;/h5-16H2,1-4H3;2-12,14H2,1H3;1H2;1H. The zero-order valence-corrected chi connectivity index (χ0v) is 30.5. The molecule has 0 spiro atoms. The molecule has 0 heterocycles. The summed E-state index contributed by atoms with van der Waals surface area (Å²) in [5.74, 6) is -0.261. The monoisotopic (exact) mass is 677 g/mol. The van der Waals surface area contributed by atoms with Gasteiger partial charge in [-0.25, -0.2) is 0 Å². The molecule has 43 heavy (non-hydrogen) atoms. The Morgan fingerprint density at radius 2 is 0.744 bits per heavy atom. The van der Waals surface area contributed by atoms with Gasteiger partial charge in [-0.2, -0.15) is 0 Å². The number of alkyl halides is 2. The summed E-state index contributed by atoms with van der Waals surface area (Å²) in [7, 11) is 2.89. The molecule has 0 atom stereocenters. The molecule has 0 radical (unpaired) electrons. The topological polar surface area (TPSA) is 105 Å². The number of methoxy groups -OCH3 is 2. The number of nitrogens with two attached hydrogens (primary N) is 1. The van der Waals surface area contributed by atoms with Gasteiger partial charge in [0.25, 0.3) is 0 Å². The molecule has 0 rings (SSSR count). The molecular weight excluding hydrogens is 613 g/mol. The second kappa shape index (κ2) is 39.3. The largest absolute Gasteiger partial charge is 0.469 e. The first-order chi connectivity index (χ1) is 20.1. The van der Waals surface area contributed by atoms with Gasteiger partial charge >= 0.3 is 17.9 Å². The summed E-state index contributed by atoms with van der Waals surface area (Å²) in [5.41, 5.74) is 5.06. The summed E-state index contributed by atoms with van der Waals surface area (Å²) >= 11 is 9.53. The molecule has 0 aromatic heterocycles. The lowest BCUT2D eigenvalue weighted by Crippen LogP contribution is -2.23. The van der Waals surface area contributed by atoms with Crippen LogP contribution < -0.4 is 5.73 Å². The average molecular weight is 679 g/mol. The third kappa shape index (κ3) is 51.1.